The van der Waals surface area contributed by atoms with Gasteiger partial charge in [0.1, 0.15) is 0 Å². The van der Waals surface area contributed by atoms with Crippen molar-refractivity contribution in [3.05, 3.63) is 0 Å². The Labute approximate surface area is 118 Å². The van der Waals surface area contributed by atoms with Crippen LogP contribution in [-0.2, 0) is 14.4 Å². The van der Waals surface area contributed by atoms with Crippen LogP contribution < -0.4 is 10.6 Å². The first-order chi connectivity index (χ1) is 9.34. The Bertz CT molecular complexity index is 429. The molecule has 2 atom stereocenters. The lowest BCUT2D eigenvalue weighted by Crippen LogP contribution is -2.30. The molecule has 20 heavy (non-hydrogen) atoms. The Kier molecular flexibility index (Phi) is 4.01. The van der Waals surface area contributed by atoms with Gasteiger partial charge >= 0.3 is 5.97 Å². The molecule has 2 aliphatic carbocycles. The lowest BCUT2D eigenvalue weighted by Gasteiger charge is -2.06. The highest BCUT2D eigenvalue weighted by Crippen LogP contribution is 2.58. The third-order valence-corrected chi connectivity index (χ3v) is 4.20. The van der Waals surface area contributed by atoms with Gasteiger partial charge in [0.05, 0.1) is 11.8 Å². The van der Waals surface area contributed by atoms with E-state index in [0.717, 1.165) is 12.8 Å². The first kappa shape index (κ1) is 14.8. The molecule has 6 nitrogen and oxygen atoms in total. The van der Waals surface area contributed by atoms with Gasteiger partial charge in [-0.25, -0.2) is 0 Å². The summed E-state index contributed by atoms with van der Waals surface area (Å²) < 4.78 is 0. The van der Waals surface area contributed by atoms with Gasteiger partial charge in [-0.2, -0.15) is 0 Å². The molecule has 0 aromatic carbocycles. The summed E-state index contributed by atoms with van der Waals surface area (Å²) in [6.07, 6.45) is 3.11. The van der Waals surface area contributed by atoms with Gasteiger partial charge in [0, 0.05) is 19.0 Å². The summed E-state index contributed by atoms with van der Waals surface area (Å²) in [6.45, 7) is 3.99. The topological polar surface area (TPSA) is 95.5 Å². The Morgan fingerprint density at radius 3 is 2.35 bits per heavy atom. The summed E-state index contributed by atoms with van der Waals surface area (Å²) in [5.74, 6) is -2.16. The van der Waals surface area contributed by atoms with Gasteiger partial charge in [-0.05, 0) is 24.7 Å². The Morgan fingerprint density at radius 1 is 1.20 bits per heavy atom. The molecule has 0 saturated heterocycles. The van der Waals surface area contributed by atoms with E-state index in [-0.39, 0.29) is 11.8 Å². The average Bonchev–Trinajstić information content (AvgIpc) is 3.21. The van der Waals surface area contributed by atoms with E-state index in [9.17, 15) is 14.4 Å². The second-order valence-electron chi connectivity index (χ2n) is 6.35. The molecule has 0 heterocycles. The molecule has 0 bridgehead atoms. The van der Waals surface area contributed by atoms with Crippen LogP contribution in [0.5, 0.6) is 0 Å². The largest absolute Gasteiger partial charge is 0.481 e. The lowest BCUT2D eigenvalue weighted by molar-refractivity contribution is -0.140. The molecular formula is C14H22N2O4. The molecule has 0 aromatic rings. The fourth-order valence-electron chi connectivity index (χ4n) is 2.69. The molecule has 2 aliphatic rings. The van der Waals surface area contributed by atoms with Crippen LogP contribution in [0.2, 0.25) is 0 Å². The molecule has 2 fully saturated rings. The van der Waals surface area contributed by atoms with Crippen molar-refractivity contribution >= 4 is 17.8 Å². The molecule has 0 aliphatic heterocycles. The molecule has 3 N–H and O–H groups in total. The monoisotopic (exact) mass is 282 g/mol. The minimum absolute atomic E-state index is 0.0249. The highest BCUT2D eigenvalue weighted by atomic mass is 16.4. The molecule has 0 aromatic heterocycles. The Balaban J connectivity index is 1.63. The molecule has 0 unspecified atom stereocenters. The highest BCUT2D eigenvalue weighted by Gasteiger charge is 2.65. The zero-order chi connectivity index (χ0) is 14.9. The second-order valence-corrected chi connectivity index (χ2v) is 6.35. The molecule has 2 saturated carbocycles. The second kappa shape index (κ2) is 5.42. The lowest BCUT2D eigenvalue weighted by atomic mass is 10.1. The quantitative estimate of drug-likeness (QED) is 0.593. The van der Waals surface area contributed by atoms with Crippen LogP contribution in [0.25, 0.3) is 0 Å². The number of carboxylic acids is 1. The molecule has 0 spiro atoms. The third kappa shape index (κ3) is 3.29. The van der Waals surface area contributed by atoms with Crippen molar-refractivity contribution in [1.29, 1.82) is 0 Å². The zero-order valence-corrected chi connectivity index (χ0v) is 11.9. The molecule has 6 heteroatoms. The number of rotatable bonds is 7. The molecular weight excluding hydrogens is 260 g/mol. The van der Waals surface area contributed by atoms with Crippen molar-refractivity contribution in [2.75, 3.05) is 6.54 Å². The fraction of sp³-hybridized carbons (Fsp3) is 0.786. The number of hydrogen-bond donors (Lipinski definition) is 3. The van der Waals surface area contributed by atoms with Crippen LogP contribution in [0.3, 0.4) is 0 Å². The predicted molar refractivity (Wildman–Crippen MR) is 71.8 cm³/mol. The number of carbonyl (C=O) groups excluding carboxylic acids is 2. The van der Waals surface area contributed by atoms with Crippen LogP contribution >= 0.6 is 0 Å². The SMILES string of the molecule is CC1(C)[C@H](C(=O)O)[C@@H]1C(=O)NCCCC(=O)NC1CC1. The molecule has 2 rings (SSSR count). The van der Waals surface area contributed by atoms with Crippen molar-refractivity contribution in [3.8, 4) is 0 Å². The molecule has 0 radical (unpaired) electrons. The van der Waals surface area contributed by atoms with Crippen LogP contribution in [0.1, 0.15) is 39.5 Å². The standard InChI is InChI=1S/C14H22N2O4/c1-14(2)10(11(14)13(19)20)12(18)15-7-3-4-9(17)16-8-5-6-8/h8,10-11H,3-7H2,1-2H3,(H,15,18)(H,16,17)(H,19,20)/t10-,11+/m1/s1. The van der Waals surface area contributed by atoms with Gasteiger partial charge in [-0.15, -0.1) is 0 Å². The number of carboxylic acid groups (broad SMARTS) is 1. The van der Waals surface area contributed by atoms with Gasteiger partial charge in [-0.1, -0.05) is 13.8 Å². The van der Waals surface area contributed by atoms with E-state index in [1.165, 1.54) is 0 Å². The summed E-state index contributed by atoms with van der Waals surface area (Å²) in [6, 6.07) is 0.362. The predicted octanol–water partition coefficient (Wildman–Crippen LogP) is 0.518. The van der Waals surface area contributed by atoms with Crippen LogP contribution in [0, 0.1) is 17.3 Å². The van der Waals surface area contributed by atoms with E-state index in [0.29, 0.717) is 25.4 Å². The maximum absolute atomic E-state index is 11.9. The van der Waals surface area contributed by atoms with Crippen molar-refractivity contribution in [1.82, 2.24) is 10.6 Å². The number of aliphatic carboxylic acids is 1. The fourth-order valence-corrected chi connectivity index (χ4v) is 2.69. The maximum Gasteiger partial charge on any atom is 0.307 e. The third-order valence-electron chi connectivity index (χ3n) is 4.20. The number of amides is 2. The number of hydrogen-bond acceptors (Lipinski definition) is 3. The summed E-state index contributed by atoms with van der Waals surface area (Å²) in [5.41, 5.74) is -0.473. The van der Waals surface area contributed by atoms with Crippen LogP contribution in [-0.4, -0.2) is 35.5 Å². The van der Waals surface area contributed by atoms with E-state index < -0.39 is 23.2 Å². The highest BCUT2D eigenvalue weighted by molar-refractivity contribution is 5.91. The Morgan fingerprint density at radius 2 is 1.85 bits per heavy atom. The first-order valence-electron chi connectivity index (χ1n) is 7.14. The normalized spacial score (nSPS) is 26.7. The van der Waals surface area contributed by atoms with Crippen molar-refractivity contribution in [3.63, 3.8) is 0 Å². The first-order valence-corrected chi connectivity index (χ1v) is 7.14. The van der Waals surface area contributed by atoms with Crippen LogP contribution in [0.4, 0.5) is 0 Å². The summed E-state index contributed by atoms with van der Waals surface area (Å²) >= 11 is 0. The van der Waals surface area contributed by atoms with E-state index in [1.807, 2.05) is 0 Å². The minimum atomic E-state index is -0.918. The van der Waals surface area contributed by atoms with E-state index in [2.05, 4.69) is 10.6 Å². The average molecular weight is 282 g/mol. The van der Waals surface area contributed by atoms with E-state index in [4.69, 9.17) is 5.11 Å². The maximum atomic E-state index is 11.9. The smallest absolute Gasteiger partial charge is 0.307 e. The Hall–Kier alpha value is -1.59. The van der Waals surface area contributed by atoms with E-state index in [1.54, 1.807) is 13.8 Å². The van der Waals surface area contributed by atoms with Gasteiger partial charge in [-0.3, -0.25) is 14.4 Å². The van der Waals surface area contributed by atoms with Crippen molar-refractivity contribution in [2.24, 2.45) is 17.3 Å². The van der Waals surface area contributed by atoms with Gasteiger partial charge < -0.3 is 15.7 Å². The van der Waals surface area contributed by atoms with Gasteiger partial charge in [0.25, 0.3) is 0 Å². The zero-order valence-electron chi connectivity index (χ0n) is 11.9. The minimum Gasteiger partial charge on any atom is -0.481 e. The van der Waals surface area contributed by atoms with E-state index >= 15 is 0 Å². The summed E-state index contributed by atoms with van der Waals surface area (Å²) in [5, 5.41) is 14.6. The molecule has 112 valence electrons. The number of nitrogens with one attached hydrogen (secondary N) is 2. The van der Waals surface area contributed by atoms with Crippen molar-refractivity contribution < 1.29 is 19.5 Å². The number of carbonyl (C=O) groups is 3. The summed E-state index contributed by atoms with van der Waals surface area (Å²) in [7, 11) is 0. The van der Waals surface area contributed by atoms with Gasteiger partial charge in [0.2, 0.25) is 11.8 Å². The van der Waals surface area contributed by atoms with Gasteiger partial charge in [0.15, 0.2) is 0 Å². The molecule has 2 amide bonds. The van der Waals surface area contributed by atoms with Crippen molar-refractivity contribution in [2.45, 2.75) is 45.6 Å². The summed E-state index contributed by atoms with van der Waals surface area (Å²) in [4.78, 5) is 34.3. The van der Waals surface area contributed by atoms with Crippen LogP contribution in [0.15, 0.2) is 0 Å².